The smallest absolute Gasteiger partial charge is 0.259 e. The zero-order valence-corrected chi connectivity index (χ0v) is 10.7. The number of para-hydroxylation sites is 1. The molecule has 2 rings (SSSR count). The molecule has 6 heteroatoms. The number of carbonyl (C=O) groups excluding carboxylic acids is 1. The molecule has 0 aliphatic carbocycles. The van der Waals surface area contributed by atoms with Crippen molar-refractivity contribution in [1.29, 1.82) is 0 Å². The maximum atomic E-state index is 13.7. The molecule has 0 aliphatic heterocycles. The molecule has 0 aliphatic rings. The first-order chi connectivity index (χ1) is 9.11. The first-order valence-electron chi connectivity index (χ1n) is 5.89. The number of carbonyl (C=O) groups is 1. The Balaban J connectivity index is 2.25. The largest absolute Gasteiger partial charge is 0.382 e. The van der Waals surface area contributed by atoms with Crippen molar-refractivity contribution in [3.63, 3.8) is 0 Å². The Hall–Kier alpha value is -2.37. The summed E-state index contributed by atoms with van der Waals surface area (Å²) in [6.45, 7) is 4.06. The summed E-state index contributed by atoms with van der Waals surface area (Å²) in [7, 11) is 0. The Morgan fingerprint density at radius 3 is 2.89 bits per heavy atom. The van der Waals surface area contributed by atoms with Crippen LogP contribution in [0.4, 0.5) is 15.9 Å². The lowest BCUT2D eigenvalue weighted by Gasteiger charge is -2.10. The molecule has 0 atom stereocenters. The van der Waals surface area contributed by atoms with Crippen molar-refractivity contribution >= 4 is 17.4 Å². The van der Waals surface area contributed by atoms with Crippen LogP contribution in [0.15, 0.2) is 28.8 Å². The molecule has 0 saturated heterocycles. The minimum absolute atomic E-state index is 0.183. The van der Waals surface area contributed by atoms with Crippen LogP contribution in [-0.2, 0) is 0 Å². The Morgan fingerprint density at radius 2 is 2.26 bits per heavy atom. The van der Waals surface area contributed by atoms with Gasteiger partial charge in [0.05, 0.1) is 11.3 Å². The molecule has 0 unspecified atom stereocenters. The number of hydrogen-bond acceptors (Lipinski definition) is 4. The van der Waals surface area contributed by atoms with Crippen LogP contribution in [0, 0.1) is 12.7 Å². The van der Waals surface area contributed by atoms with Crippen molar-refractivity contribution in [2.24, 2.45) is 0 Å². The van der Waals surface area contributed by atoms with Gasteiger partial charge in [0.25, 0.3) is 5.91 Å². The second-order valence-electron chi connectivity index (χ2n) is 3.97. The molecule has 1 aromatic carbocycles. The minimum atomic E-state index is -0.467. The van der Waals surface area contributed by atoms with E-state index in [0.29, 0.717) is 18.1 Å². The van der Waals surface area contributed by atoms with Crippen molar-refractivity contribution in [2.75, 3.05) is 17.2 Å². The van der Waals surface area contributed by atoms with E-state index in [2.05, 4.69) is 15.8 Å². The van der Waals surface area contributed by atoms with Gasteiger partial charge < -0.3 is 15.2 Å². The zero-order valence-electron chi connectivity index (χ0n) is 10.7. The molecule has 19 heavy (non-hydrogen) atoms. The van der Waals surface area contributed by atoms with Gasteiger partial charge >= 0.3 is 0 Å². The molecule has 1 aromatic heterocycles. The number of rotatable bonds is 4. The molecular weight excluding hydrogens is 249 g/mol. The van der Waals surface area contributed by atoms with Gasteiger partial charge in [-0.05, 0) is 26.0 Å². The number of aryl methyl sites for hydroxylation is 1. The van der Waals surface area contributed by atoms with Crippen LogP contribution in [-0.4, -0.2) is 17.6 Å². The quantitative estimate of drug-likeness (QED) is 0.890. The average molecular weight is 263 g/mol. The molecule has 0 radical (unpaired) electrons. The summed E-state index contributed by atoms with van der Waals surface area (Å²) in [5.41, 5.74) is 0.408. The lowest BCUT2D eigenvalue weighted by atomic mass is 10.1. The third kappa shape index (κ3) is 2.90. The van der Waals surface area contributed by atoms with Crippen molar-refractivity contribution < 1.29 is 13.7 Å². The lowest BCUT2D eigenvalue weighted by Crippen LogP contribution is -2.16. The molecule has 1 amide bonds. The predicted octanol–water partition coefficient (Wildman–Crippen LogP) is 2.81. The molecule has 0 saturated carbocycles. The predicted molar refractivity (Wildman–Crippen MR) is 69.8 cm³/mol. The fourth-order valence-corrected chi connectivity index (χ4v) is 1.68. The third-order valence-corrected chi connectivity index (χ3v) is 2.48. The maximum Gasteiger partial charge on any atom is 0.259 e. The summed E-state index contributed by atoms with van der Waals surface area (Å²) in [6, 6.07) is 5.92. The van der Waals surface area contributed by atoms with E-state index in [-0.39, 0.29) is 11.3 Å². The van der Waals surface area contributed by atoms with Crippen LogP contribution >= 0.6 is 0 Å². The van der Waals surface area contributed by atoms with E-state index >= 15 is 0 Å². The van der Waals surface area contributed by atoms with Gasteiger partial charge in [-0.3, -0.25) is 4.79 Å². The highest BCUT2D eigenvalue weighted by Crippen LogP contribution is 2.21. The molecule has 0 bridgehead atoms. The van der Waals surface area contributed by atoms with E-state index in [9.17, 15) is 9.18 Å². The van der Waals surface area contributed by atoms with Crippen LogP contribution < -0.4 is 10.6 Å². The standard InChI is InChI=1S/C13H14FN3O2/c1-3-15-12-9(5-4-6-10(12)14)13(18)16-11-7-8(2)19-17-11/h4-7,15H,3H2,1-2H3,(H,16,17,18). The number of aromatic nitrogens is 1. The third-order valence-electron chi connectivity index (χ3n) is 2.48. The van der Waals surface area contributed by atoms with Gasteiger partial charge in [0.2, 0.25) is 0 Å². The second-order valence-corrected chi connectivity index (χ2v) is 3.97. The zero-order chi connectivity index (χ0) is 13.8. The van der Waals surface area contributed by atoms with Crippen molar-refractivity contribution in [2.45, 2.75) is 13.8 Å². The Morgan fingerprint density at radius 1 is 1.47 bits per heavy atom. The molecule has 2 aromatic rings. The summed E-state index contributed by atoms with van der Waals surface area (Å²) < 4.78 is 18.5. The number of hydrogen-bond donors (Lipinski definition) is 2. The molecule has 2 N–H and O–H groups in total. The number of halogens is 1. The Bertz CT molecular complexity index is 595. The summed E-state index contributed by atoms with van der Waals surface area (Å²) in [5.74, 6) is -0.0229. The minimum Gasteiger partial charge on any atom is -0.382 e. The van der Waals surface area contributed by atoms with Crippen LogP contribution in [0.25, 0.3) is 0 Å². The Labute approximate surface area is 109 Å². The molecule has 0 fully saturated rings. The van der Waals surface area contributed by atoms with Crippen LogP contribution in [0.3, 0.4) is 0 Å². The monoisotopic (exact) mass is 263 g/mol. The Kier molecular flexibility index (Phi) is 3.79. The van der Waals surface area contributed by atoms with Gasteiger partial charge in [-0.15, -0.1) is 0 Å². The SMILES string of the molecule is CCNc1c(F)cccc1C(=O)Nc1cc(C)on1. The van der Waals surface area contributed by atoms with E-state index in [1.807, 2.05) is 6.92 Å². The fourth-order valence-electron chi connectivity index (χ4n) is 1.68. The van der Waals surface area contributed by atoms with Crippen molar-refractivity contribution in [3.8, 4) is 0 Å². The van der Waals surface area contributed by atoms with E-state index in [1.54, 1.807) is 19.1 Å². The van der Waals surface area contributed by atoms with E-state index in [1.165, 1.54) is 12.1 Å². The summed E-state index contributed by atoms with van der Waals surface area (Å²) in [4.78, 5) is 12.1. The number of nitrogens with zero attached hydrogens (tertiary/aromatic N) is 1. The van der Waals surface area contributed by atoms with Gasteiger partial charge in [-0.25, -0.2) is 4.39 Å². The van der Waals surface area contributed by atoms with Gasteiger partial charge in [-0.1, -0.05) is 11.2 Å². The number of anilines is 2. The average Bonchev–Trinajstić information content (AvgIpc) is 2.77. The number of amides is 1. The first-order valence-corrected chi connectivity index (χ1v) is 5.89. The second kappa shape index (κ2) is 5.51. The van der Waals surface area contributed by atoms with Crippen LogP contribution in [0.2, 0.25) is 0 Å². The molecular formula is C13H14FN3O2. The fraction of sp³-hybridized carbons (Fsp3) is 0.231. The topological polar surface area (TPSA) is 67.2 Å². The number of benzene rings is 1. The molecule has 1 heterocycles. The van der Waals surface area contributed by atoms with Crippen molar-refractivity contribution in [1.82, 2.24) is 5.16 Å². The first kappa shape index (κ1) is 13.1. The van der Waals surface area contributed by atoms with E-state index < -0.39 is 11.7 Å². The van der Waals surface area contributed by atoms with Gasteiger partial charge in [0.1, 0.15) is 11.6 Å². The highest BCUT2D eigenvalue weighted by Gasteiger charge is 2.15. The molecule has 0 spiro atoms. The normalized spacial score (nSPS) is 10.3. The van der Waals surface area contributed by atoms with Gasteiger partial charge in [-0.2, -0.15) is 0 Å². The molecule has 5 nitrogen and oxygen atoms in total. The summed E-state index contributed by atoms with van der Waals surface area (Å²) in [5, 5.41) is 9.05. The van der Waals surface area contributed by atoms with Crippen molar-refractivity contribution in [3.05, 3.63) is 41.4 Å². The van der Waals surface area contributed by atoms with E-state index in [0.717, 1.165) is 0 Å². The highest BCUT2D eigenvalue weighted by molar-refractivity contribution is 6.07. The van der Waals surface area contributed by atoms with E-state index in [4.69, 9.17) is 4.52 Å². The summed E-state index contributed by atoms with van der Waals surface area (Å²) in [6.07, 6.45) is 0. The van der Waals surface area contributed by atoms with Gasteiger partial charge in [0, 0.05) is 12.6 Å². The lowest BCUT2D eigenvalue weighted by molar-refractivity contribution is 0.102. The maximum absolute atomic E-state index is 13.7. The number of nitrogens with one attached hydrogen (secondary N) is 2. The van der Waals surface area contributed by atoms with Crippen LogP contribution in [0.1, 0.15) is 23.0 Å². The highest BCUT2D eigenvalue weighted by atomic mass is 19.1. The molecule has 100 valence electrons. The van der Waals surface area contributed by atoms with Gasteiger partial charge in [0.15, 0.2) is 5.82 Å². The van der Waals surface area contributed by atoms with Crippen LogP contribution in [0.5, 0.6) is 0 Å². The summed E-state index contributed by atoms with van der Waals surface area (Å²) >= 11 is 0.